The first-order valence-corrected chi connectivity index (χ1v) is 6.75. The molecule has 1 aliphatic heterocycles. The van der Waals surface area contributed by atoms with E-state index in [2.05, 4.69) is 24.5 Å². The number of carbonyl (C=O) groups is 1. The predicted octanol–water partition coefficient (Wildman–Crippen LogP) is 1.45. The van der Waals surface area contributed by atoms with Crippen LogP contribution in [-0.4, -0.2) is 37.7 Å². The van der Waals surface area contributed by atoms with Crippen LogP contribution in [0.2, 0.25) is 0 Å². The Labute approximate surface area is 104 Å². The molecule has 0 bridgehead atoms. The van der Waals surface area contributed by atoms with Crippen molar-refractivity contribution in [1.82, 2.24) is 10.6 Å². The second kappa shape index (κ2) is 7.67. The van der Waals surface area contributed by atoms with E-state index in [0.717, 1.165) is 19.3 Å². The van der Waals surface area contributed by atoms with Crippen molar-refractivity contribution in [2.45, 2.75) is 64.1 Å². The Morgan fingerprint density at radius 2 is 2.24 bits per heavy atom. The van der Waals surface area contributed by atoms with Gasteiger partial charge < -0.3 is 15.4 Å². The van der Waals surface area contributed by atoms with E-state index in [1.54, 1.807) is 7.05 Å². The van der Waals surface area contributed by atoms with Gasteiger partial charge in [0.15, 0.2) is 0 Å². The molecule has 0 aromatic rings. The van der Waals surface area contributed by atoms with E-state index in [-0.39, 0.29) is 5.91 Å². The van der Waals surface area contributed by atoms with E-state index in [9.17, 15) is 4.79 Å². The molecule has 3 unspecified atom stereocenters. The Hall–Kier alpha value is -0.610. The maximum atomic E-state index is 11.0. The van der Waals surface area contributed by atoms with Gasteiger partial charge in [-0.15, -0.1) is 0 Å². The maximum absolute atomic E-state index is 11.0. The molecule has 4 nitrogen and oxygen atoms in total. The van der Waals surface area contributed by atoms with Crippen molar-refractivity contribution in [2.24, 2.45) is 0 Å². The number of piperidine rings is 1. The van der Waals surface area contributed by atoms with Crippen LogP contribution in [0.3, 0.4) is 0 Å². The molecule has 100 valence electrons. The zero-order valence-corrected chi connectivity index (χ0v) is 11.3. The van der Waals surface area contributed by atoms with Crippen LogP contribution in [0, 0.1) is 0 Å². The summed E-state index contributed by atoms with van der Waals surface area (Å²) in [5, 5.41) is 6.19. The first-order chi connectivity index (χ1) is 8.17. The van der Waals surface area contributed by atoms with Crippen molar-refractivity contribution in [1.29, 1.82) is 0 Å². The van der Waals surface area contributed by atoms with Crippen molar-refractivity contribution < 1.29 is 9.53 Å². The first kappa shape index (κ1) is 14.5. The minimum atomic E-state index is 0.0935. The number of nitrogens with one attached hydrogen (secondary N) is 2. The van der Waals surface area contributed by atoms with Gasteiger partial charge in [-0.1, -0.05) is 6.92 Å². The van der Waals surface area contributed by atoms with Gasteiger partial charge >= 0.3 is 0 Å². The molecule has 0 aliphatic carbocycles. The highest BCUT2D eigenvalue weighted by molar-refractivity contribution is 5.75. The number of hydrogen-bond acceptors (Lipinski definition) is 3. The summed E-state index contributed by atoms with van der Waals surface area (Å²) in [5.41, 5.74) is 0. The minimum absolute atomic E-state index is 0.0935. The van der Waals surface area contributed by atoms with Crippen LogP contribution in [0.25, 0.3) is 0 Å². The summed E-state index contributed by atoms with van der Waals surface area (Å²) in [7, 11) is 1.67. The quantitative estimate of drug-likeness (QED) is 0.693. The zero-order valence-electron chi connectivity index (χ0n) is 11.3. The largest absolute Gasteiger partial charge is 0.377 e. The van der Waals surface area contributed by atoms with Gasteiger partial charge in [0.1, 0.15) is 0 Å². The monoisotopic (exact) mass is 242 g/mol. The van der Waals surface area contributed by atoms with Crippen molar-refractivity contribution in [2.75, 3.05) is 13.7 Å². The Morgan fingerprint density at radius 3 is 2.88 bits per heavy atom. The second-order valence-electron chi connectivity index (χ2n) is 4.85. The van der Waals surface area contributed by atoms with Crippen molar-refractivity contribution in [3.8, 4) is 0 Å². The minimum Gasteiger partial charge on any atom is -0.377 e. The summed E-state index contributed by atoms with van der Waals surface area (Å²) >= 11 is 0. The van der Waals surface area contributed by atoms with Crippen LogP contribution in [0.15, 0.2) is 0 Å². The average Bonchev–Trinajstić information content (AvgIpc) is 2.35. The van der Waals surface area contributed by atoms with Crippen LogP contribution >= 0.6 is 0 Å². The molecule has 0 spiro atoms. The Kier molecular flexibility index (Phi) is 6.52. The number of hydrogen-bond donors (Lipinski definition) is 2. The van der Waals surface area contributed by atoms with E-state index in [1.165, 1.54) is 6.42 Å². The van der Waals surface area contributed by atoms with E-state index in [0.29, 0.717) is 31.2 Å². The predicted molar refractivity (Wildman–Crippen MR) is 69.0 cm³/mol. The Bertz CT molecular complexity index is 233. The van der Waals surface area contributed by atoms with Crippen molar-refractivity contribution >= 4 is 5.91 Å². The molecule has 17 heavy (non-hydrogen) atoms. The molecule has 1 saturated heterocycles. The van der Waals surface area contributed by atoms with E-state index < -0.39 is 0 Å². The van der Waals surface area contributed by atoms with Gasteiger partial charge in [-0.2, -0.15) is 0 Å². The number of ether oxygens (including phenoxy) is 1. The van der Waals surface area contributed by atoms with Crippen molar-refractivity contribution in [3.05, 3.63) is 0 Å². The highest BCUT2D eigenvalue weighted by Crippen LogP contribution is 2.19. The van der Waals surface area contributed by atoms with Gasteiger partial charge in [0, 0.05) is 32.2 Å². The van der Waals surface area contributed by atoms with Gasteiger partial charge in [0.25, 0.3) is 0 Å². The van der Waals surface area contributed by atoms with Gasteiger partial charge in [0.2, 0.25) is 5.91 Å². The van der Waals surface area contributed by atoms with E-state index in [1.807, 2.05) is 0 Å². The van der Waals surface area contributed by atoms with Gasteiger partial charge in [-0.05, 0) is 32.6 Å². The molecule has 1 rings (SSSR count). The lowest BCUT2D eigenvalue weighted by Crippen LogP contribution is -2.50. The van der Waals surface area contributed by atoms with Crippen LogP contribution in [0.4, 0.5) is 0 Å². The summed E-state index contributed by atoms with van der Waals surface area (Å²) in [5.74, 6) is 0.0935. The lowest BCUT2D eigenvalue weighted by molar-refractivity contribution is -0.121. The molecule has 1 fully saturated rings. The number of rotatable bonds is 6. The standard InChI is InChI=1S/C13H26N2O2/c1-4-11-12(8-7-10(2)15-11)17-9-5-6-13(16)14-3/h10-12,15H,4-9H2,1-3H3,(H,14,16). The summed E-state index contributed by atoms with van der Waals surface area (Å²) in [4.78, 5) is 11.0. The smallest absolute Gasteiger partial charge is 0.219 e. The van der Waals surface area contributed by atoms with E-state index >= 15 is 0 Å². The summed E-state index contributed by atoms with van der Waals surface area (Å²) in [6.45, 7) is 5.10. The molecular formula is C13H26N2O2. The Balaban J connectivity index is 2.19. The lowest BCUT2D eigenvalue weighted by Gasteiger charge is -2.35. The van der Waals surface area contributed by atoms with Gasteiger partial charge in [0.05, 0.1) is 6.10 Å². The summed E-state index contributed by atoms with van der Waals surface area (Å²) in [6, 6.07) is 1.07. The molecule has 1 amide bonds. The SMILES string of the molecule is CCC1NC(C)CCC1OCCCC(=O)NC. The Morgan fingerprint density at radius 1 is 1.47 bits per heavy atom. The molecule has 1 aliphatic rings. The third kappa shape index (κ3) is 5.04. The van der Waals surface area contributed by atoms with Gasteiger partial charge in [-0.25, -0.2) is 0 Å². The fourth-order valence-corrected chi connectivity index (χ4v) is 2.34. The molecule has 2 N–H and O–H groups in total. The molecule has 3 atom stereocenters. The van der Waals surface area contributed by atoms with Crippen LogP contribution < -0.4 is 10.6 Å². The number of carbonyl (C=O) groups excluding carboxylic acids is 1. The molecular weight excluding hydrogens is 216 g/mol. The van der Waals surface area contributed by atoms with Crippen LogP contribution in [0.5, 0.6) is 0 Å². The zero-order chi connectivity index (χ0) is 12.7. The third-order valence-electron chi connectivity index (χ3n) is 3.43. The maximum Gasteiger partial charge on any atom is 0.219 e. The van der Waals surface area contributed by atoms with Crippen LogP contribution in [-0.2, 0) is 9.53 Å². The van der Waals surface area contributed by atoms with E-state index in [4.69, 9.17) is 4.74 Å². The highest BCUT2D eigenvalue weighted by atomic mass is 16.5. The van der Waals surface area contributed by atoms with Gasteiger partial charge in [-0.3, -0.25) is 4.79 Å². The molecule has 1 heterocycles. The third-order valence-corrected chi connectivity index (χ3v) is 3.43. The normalized spacial score (nSPS) is 29.0. The van der Waals surface area contributed by atoms with Crippen molar-refractivity contribution in [3.63, 3.8) is 0 Å². The summed E-state index contributed by atoms with van der Waals surface area (Å²) in [6.07, 6.45) is 5.10. The van der Waals surface area contributed by atoms with Crippen LogP contribution in [0.1, 0.15) is 46.0 Å². The molecule has 0 aromatic heterocycles. The fraction of sp³-hybridized carbons (Fsp3) is 0.923. The molecule has 0 saturated carbocycles. The topological polar surface area (TPSA) is 50.4 Å². The molecule has 0 radical (unpaired) electrons. The first-order valence-electron chi connectivity index (χ1n) is 6.75. The number of amides is 1. The lowest BCUT2D eigenvalue weighted by atomic mass is 9.95. The molecule has 0 aromatic carbocycles. The summed E-state index contributed by atoms with van der Waals surface area (Å²) < 4.78 is 5.89. The molecule has 4 heteroatoms. The average molecular weight is 242 g/mol. The highest BCUT2D eigenvalue weighted by Gasteiger charge is 2.26. The second-order valence-corrected chi connectivity index (χ2v) is 4.85. The fourth-order valence-electron chi connectivity index (χ4n) is 2.34.